The van der Waals surface area contributed by atoms with Crippen molar-refractivity contribution in [1.82, 2.24) is 4.98 Å². The molecule has 1 saturated carbocycles. The maximum Gasteiger partial charge on any atom is 0.0481 e. The Hall–Kier alpha value is -2.67. The van der Waals surface area contributed by atoms with E-state index in [1.54, 1.807) is 0 Å². The second-order valence-electron chi connectivity index (χ2n) is 9.17. The summed E-state index contributed by atoms with van der Waals surface area (Å²) in [7, 11) is 0. The van der Waals surface area contributed by atoms with E-state index in [1.807, 2.05) is 6.07 Å². The lowest BCUT2D eigenvalue weighted by Crippen LogP contribution is -2.04. The van der Waals surface area contributed by atoms with E-state index in [1.165, 1.54) is 59.3 Å². The van der Waals surface area contributed by atoms with Gasteiger partial charge >= 0.3 is 0 Å². The van der Waals surface area contributed by atoms with Crippen molar-refractivity contribution in [2.24, 2.45) is 0 Å². The van der Waals surface area contributed by atoms with Crippen molar-refractivity contribution in [2.75, 3.05) is 0 Å². The average molecular weight is 426 g/mol. The van der Waals surface area contributed by atoms with Gasteiger partial charge in [0.05, 0.1) is 0 Å². The van der Waals surface area contributed by atoms with E-state index in [4.69, 9.17) is 4.98 Å². The number of hydrogen-bond donors (Lipinski definition) is 0. The first-order valence-corrected chi connectivity index (χ1v) is 12.3. The largest absolute Gasteiger partial charge is 0.257 e. The zero-order valence-electron chi connectivity index (χ0n) is 20.2. The van der Waals surface area contributed by atoms with Crippen LogP contribution >= 0.6 is 0 Å². The third kappa shape index (κ3) is 7.19. The molecular formula is C31H39N. The molecule has 0 radical (unpaired) electrons. The number of allylic oxidation sites excluding steroid dienone is 1. The van der Waals surface area contributed by atoms with Gasteiger partial charge in [0.25, 0.3) is 0 Å². The quantitative estimate of drug-likeness (QED) is 0.370. The number of benzene rings is 2. The van der Waals surface area contributed by atoms with Gasteiger partial charge in [-0.15, -0.1) is 0 Å². The van der Waals surface area contributed by atoms with Crippen molar-refractivity contribution in [1.29, 1.82) is 0 Å². The van der Waals surface area contributed by atoms with E-state index in [9.17, 15) is 0 Å². The Morgan fingerprint density at radius 1 is 0.906 bits per heavy atom. The van der Waals surface area contributed by atoms with E-state index in [2.05, 4.69) is 88.0 Å². The molecule has 0 N–H and O–H groups in total. The maximum atomic E-state index is 5.06. The molecule has 2 aromatic carbocycles. The summed E-state index contributed by atoms with van der Waals surface area (Å²) in [4.78, 5) is 5.06. The molecular weight excluding hydrogens is 386 g/mol. The number of hydrogen-bond acceptors (Lipinski definition) is 1. The molecule has 1 aliphatic rings. The molecule has 1 fully saturated rings. The highest BCUT2D eigenvalue weighted by molar-refractivity contribution is 5.63. The summed E-state index contributed by atoms with van der Waals surface area (Å²) < 4.78 is 0. The molecule has 0 unspecified atom stereocenters. The SMILES string of the molecule is C=C(C)c1ccc(C2CCCC2)nc1CCCc1cccc(C)c1.CCc1ccccc1. The van der Waals surface area contributed by atoms with Crippen LogP contribution in [0.5, 0.6) is 0 Å². The standard InChI is InChI=1S/C23H29N.C8H10/c1-17(2)21-14-15-22(20-11-4-5-12-20)24-23(21)13-7-10-19-9-6-8-18(3)16-19;1-2-8-6-4-3-5-7-8/h6,8-9,14-16,20H,1,4-5,7,10-13H2,2-3H3;3-7H,2H2,1H3. The summed E-state index contributed by atoms with van der Waals surface area (Å²) in [5.74, 6) is 0.680. The number of nitrogens with zero attached hydrogens (tertiary/aromatic N) is 1. The van der Waals surface area contributed by atoms with Gasteiger partial charge in [0, 0.05) is 17.3 Å². The molecule has 0 saturated heterocycles. The third-order valence-electron chi connectivity index (χ3n) is 6.44. The first-order valence-electron chi connectivity index (χ1n) is 12.3. The molecule has 1 heterocycles. The fraction of sp³-hybridized carbons (Fsp3) is 0.387. The molecule has 0 aliphatic heterocycles. The van der Waals surface area contributed by atoms with Crippen LogP contribution in [0.3, 0.4) is 0 Å². The van der Waals surface area contributed by atoms with E-state index in [0.29, 0.717) is 5.92 Å². The predicted octanol–water partition coefficient (Wildman–Crippen LogP) is 8.51. The summed E-state index contributed by atoms with van der Waals surface area (Å²) in [6.45, 7) is 10.6. The molecule has 0 bridgehead atoms. The van der Waals surface area contributed by atoms with Crippen molar-refractivity contribution in [2.45, 2.75) is 78.1 Å². The highest BCUT2D eigenvalue weighted by atomic mass is 14.7. The molecule has 1 aromatic heterocycles. The Kier molecular flexibility index (Phi) is 9.28. The van der Waals surface area contributed by atoms with Gasteiger partial charge in [-0.25, -0.2) is 0 Å². The van der Waals surface area contributed by atoms with E-state index in [0.717, 1.165) is 31.3 Å². The average Bonchev–Trinajstić information content (AvgIpc) is 3.35. The van der Waals surface area contributed by atoms with Crippen LogP contribution in [0.4, 0.5) is 0 Å². The molecule has 3 aromatic rings. The Labute approximate surface area is 195 Å². The van der Waals surface area contributed by atoms with E-state index < -0.39 is 0 Å². The summed E-state index contributed by atoms with van der Waals surface area (Å²) in [5.41, 5.74) is 9.12. The van der Waals surface area contributed by atoms with Gasteiger partial charge in [0.15, 0.2) is 0 Å². The maximum absolute atomic E-state index is 5.06. The fourth-order valence-corrected chi connectivity index (χ4v) is 4.59. The lowest BCUT2D eigenvalue weighted by molar-refractivity contribution is 0.684. The van der Waals surface area contributed by atoms with Crippen molar-refractivity contribution in [3.05, 3.63) is 107 Å². The molecule has 1 aliphatic carbocycles. The van der Waals surface area contributed by atoms with Crippen molar-refractivity contribution < 1.29 is 0 Å². The Morgan fingerprint density at radius 3 is 2.25 bits per heavy atom. The fourth-order valence-electron chi connectivity index (χ4n) is 4.59. The number of aromatic nitrogens is 1. The summed E-state index contributed by atoms with van der Waals surface area (Å²) >= 11 is 0. The second kappa shape index (κ2) is 12.4. The monoisotopic (exact) mass is 425 g/mol. The molecule has 0 amide bonds. The minimum absolute atomic E-state index is 0.680. The second-order valence-corrected chi connectivity index (χ2v) is 9.17. The molecule has 1 nitrogen and oxygen atoms in total. The van der Waals surface area contributed by atoms with Crippen molar-refractivity contribution in [3.63, 3.8) is 0 Å². The topological polar surface area (TPSA) is 12.9 Å². The Bertz CT molecular complexity index is 980. The van der Waals surface area contributed by atoms with E-state index >= 15 is 0 Å². The number of pyridine rings is 1. The van der Waals surface area contributed by atoms with Gasteiger partial charge in [-0.05, 0) is 80.7 Å². The normalized spacial score (nSPS) is 13.5. The summed E-state index contributed by atoms with van der Waals surface area (Å²) in [6, 6.07) is 23.8. The zero-order chi connectivity index (χ0) is 22.8. The van der Waals surface area contributed by atoms with Crippen LogP contribution in [0.15, 0.2) is 73.3 Å². The summed E-state index contributed by atoms with van der Waals surface area (Å²) in [6.07, 6.45) is 9.77. The molecule has 0 spiro atoms. The minimum atomic E-state index is 0.680. The first kappa shape index (κ1) is 24.0. The number of rotatable bonds is 7. The van der Waals surface area contributed by atoms with Gasteiger partial charge in [-0.1, -0.05) is 92.6 Å². The highest BCUT2D eigenvalue weighted by Crippen LogP contribution is 2.34. The Morgan fingerprint density at radius 2 is 1.62 bits per heavy atom. The van der Waals surface area contributed by atoms with E-state index in [-0.39, 0.29) is 0 Å². The third-order valence-corrected chi connectivity index (χ3v) is 6.44. The molecule has 168 valence electrons. The van der Waals surface area contributed by atoms with Crippen LogP contribution in [0.25, 0.3) is 5.57 Å². The van der Waals surface area contributed by atoms with Crippen LogP contribution in [0, 0.1) is 6.92 Å². The lowest BCUT2D eigenvalue weighted by Gasteiger charge is -2.14. The molecule has 1 heteroatoms. The van der Waals surface area contributed by atoms with Crippen molar-refractivity contribution >= 4 is 5.57 Å². The van der Waals surface area contributed by atoms with Gasteiger partial charge in [0.1, 0.15) is 0 Å². The summed E-state index contributed by atoms with van der Waals surface area (Å²) in [5, 5.41) is 0. The van der Waals surface area contributed by atoms with Crippen LogP contribution in [-0.4, -0.2) is 4.98 Å². The van der Waals surface area contributed by atoms with Gasteiger partial charge in [0.2, 0.25) is 0 Å². The number of aryl methyl sites for hydroxylation is 4. The molecule has 0 atom stereocenters. The smallest absolute Gasteiger partial charge is 0.0481 e. The van der Waals surface area contributed by atoms with Crippen LogP contribution < -0.4 is 0 Å². The van der Waals surface area contributed by atoms with Crippen LogP contribution in [-0.2, 0) is 19.3 Å². The van der Waals surface area contributed by atoms with Gasteiger partial charge in [-0.2, -0.15) is 0 Å². The predicted molar refractivity (Wildman–Crippen MR) is 139 cm³/mol. The van der Waals surface area contributed by atoms with Crippen LogP contribution in [0.2, 0.25) is 0 Å². The van der Waals surface area contributed by atoms with Gasteiger partial charge < -0.3 is 0 Å². The van der Waals surface area contributed by atoms with Crippen LogP contribution in [0.1, 0.15) is 85.5 Å². The lowest BCUT2D eigenvalue weighted by atomic mass is 9.97. The van der Waals surface area contributed by atoms with Gasteiger partial charge in [-0.3, -0.25) is 4.98 Å². The first-order chi connectivity index (χ1) is 15.6. The zero-order valence-corrected chi connectivity index (χ0v) is 20.2. The highest BCUT2D eigenvalue weighted by Gasteiger charge is 2.19. The van der Waals surface area contributed by atoms with Crippen molar-refractivity contribution in [3.8, 4) is 0 Å². The molecule has 32 heavy (non-hydrogen) atoms. The molecule has 4 rings (SSSR count). The Balaban J connectivity index is 0.000000305. The minimum Gasteiger partial charge on any atom is -0.257 e.